The maximum atomic E-state index is 11.6. The predicted molar refractivity (Wildman–Crippen MR) is 79.6 cm³/mol. The van der Waals surface area contributed by atoms with Crippen molar-refractivity contribution >= 4 is 40.9 Å². The van der Waals surface area contributed by atoms with Crippen LogP contribution in [0.5, 0.6) is 0 Å². The topological polar surface area (TPSA) is 108 Å². The molecule has 0 aliphatic heterocycles. The first kappa shape index (κ1) is 16.8. The molecular formula is C13H16ClN3O4. The summed E-state index contributed by atoms with van der Waals surface area (Å²) < 4.78 is 0. The van der Waals surface area contributed by atoms with Crippen LogP contribution in [0.4, 0.5) is 16.2 Å². The van der Waals surface area contributed by atoms with Gasteiger partial charge in [-0.15, -0.1) is 0 Å². The van der Waals surface area contributed by atoms with E-state index in [0.29, 0.717) is 22.8 Å². The van der Waals surface area contributed by atoms with Crippen LogP contribution in [-0.4, -0.2) is 29.6 Å². The largest absolute Gasteiger partial charge is 0.481 e. The van der Waals surface area contributed by atoms with Crippen molar-refractivity contribution in [2.75, 3.05) is 17.2 Å². The van der Waals surface area contributed by atoms with Crippen LogP contribution < -0.4 is 16.0 Å². The number of carboxylic acids is 1. The first-order chi connectivity index (χ1) is 9.92. The number of anilines is 2. The van der Waals surface area contributed by atoms with Crippen LogP contribution in [0.15, 0.2) is 18.2 Å². The molecule has 0 heterocycles. The van der Waals surface area contributed by atoms with Gasteiger partial charge in [0.1, 0.15) is 0 Å². The zero-order valence-corrected chi connectivity index (χ0v) is 12.2. The molecule has 0 radical (unpaired) electrons. The highest BCUT2D eigenvalue weighted by Gasteiger charge is 2.08. The molecule has 0 spiro atoms. The van der Waals surface area contributed by atoms with Crippen molar-refractivity contribution in [2.24, 2.45) is 0 Å². The van der Waals surface area contributed by atoms with Crippen molar-refractivity contribution in [3.8, 4) is 0 Å². The Labute approximate surface area is 126 Å². The lowest BCUT2D eigenvalue weighted by atomic mass is 10.2. The van der Waals surface area contributed by atoms with Gasteiger partial charge in [0.05, 0.1) is 17.1 Å². The van der Waals surface area contributed by atoms with E-state index in [1.807, 2.05) is 0 Å². The molecule has 0 unspecified atom stereocenters. The standard InChI is InChI=1S/C13H16ClN3O4/c1-2-11(18)16-8-3-4-9(14)10(7-8)17-13(21)15-6-5-12(19)20/h3-4,7H,2,5-6H2,1H3,(H,16,18)(H,19,20)(H2,15,17,21). The highest BCUT2D eigenvalue weighted by molar-refractivity contribution is 6.33. The molecule has 8 heteroatoms. The molecule has 4 N–H and O–H groups in total. The SMILES string of the molecule is CCC(=O)Nc1ccc(Cl)c(NC(=O)NCCC(=O)O)c1. The quantitative estimate of drug-likeness (QED) is 0.646. The van der Waals surface area contributed by atoms with Crippen molar-refractivity contribution in [1.82, 2.24) is 5.32 Å². The van der Waals surface area contributed by atoms with Gasteiger partial charge < -0.3 is 21.1 Å². The maximum Gasteiger partial charge on any atom is 0.319 e. The van der Waals surface area contributed by atoms with E-state index in [0.717, 1.165) is 0 Å². The van der Waals surface area contributed by atoms with Gasteiger partial charge in [-0.3, -0.25) is 9.59 Å². The van der Waals surface area contributed by atoms with Crippen molar-refractivity contribution in [3.05, 3.63) is 23.2 Å². The molecule has 0 saturated heterocycles. The number of benzene rings is 1. The molecular weight excluding hydrogens is 298 g/mol. The van der Waals surface area contributed by atoms with E-state index in [4.69, 9.17) is 16.7 Å². The summed E-state index contributed by atoms with van der Waals surface area (Å²) in [6, 6.07) is 4.10. The number of urea groups is 1. The average Bonchev–Trinajstić information content (AvgIpc) is 2.42. The first-order valence-electron chi connectivity index (χ1n) is 6.28. The number of hydrogen-bond acceptors (Lipinski definition) is 3. The summed E-state index contributed by atoms with van der Waals surface area (Å²) >= 11 is 5.95. The lowest BCUT2D eigenvalue weighted by Gasteiger charge is -2.11. The zero-order chi connectivity index (χ0) is 15.8. The Kier molecular flexibility index (Phi) is 6.48. The van der Waals surface area contributed by atoms with Crippen LogP contribution in [0.25, 0.3) is 0 Å². The van der Waals surface area contributed by atoms with Gasteiger partial charge in [-0.05, 0) is 18.2 Å². The number of carboxylic acid groups (broad SMARTS) is 1. The predicted octanol–water partition coefficient (Wildman–Crippen LogP) is 2.28. The molecule has 0 fully saturated rings. The number of halogens is 1. The van der Waals surface area contributed by atoms with Crippen LogP contribution in [0.3, 0.4) is 0 Å². The summed E-state index contributed by atoms with van der Waals surface area (Å²) in [5.74, 6) is -1.16. The number of aliphatic carboxylic acids is 1. The monoisotopic (exact) mass is 313 g/mol. The van der Waals surface area contributed by atoms with E-state index >= 15 is 0 Å². The van der Waals surface area contributed by atoms with E-state index in [-0.39, 0.29) is 18.9 Å². The second kappa shape index (κ2) is 8.11. The molecule has 0 aromatic heterocycles. The van der Waals surface area contributed by atoms with Crippen LogP contribution in [0, 0.1) is 0 Å². The molecule has 7 nitrogen and oxygen atoms in total. The highest BCUT2D eigenvalue weighted by Crippen LogP contribution is 2.25. The van der Waals surface area contributed by atoms with E-state index in [9.17, 15) is 14.4 Å². The first-order valence-corrected chi connectivity index (χ1v) is 6.66. The van der Waals surface area contributed by atoms with Gasteiger partial charge in [-0.25, -0.2) is 4.79 Å². The second-order valence-corrected chi connectivity index (χ2v) is 4.53. The van der Waals surface area contributed by atoms with Crippen LogP contribution in [0.1, 0.15) is 19.8 Å². The summed E-state index contributed by atoms with van der Waals surface area (Å²) in [6.07, 6.45) is 0.162. The van der Waals surface area contributed by atoms with Gasteiger partial charge in [0.25, 0.3) is 0 Å². The summed E-state index contributed by atoms with van der Waals surface area (Å²) in [7, 11) is 0. The van der Waals surface area contributed by atoms with Crippen molar-refractivity contribution in [3.63, 3.8) is 0 Å². The third-order valence-corrected chi connectivity index (χ3v) is 2.77. The molecule has 3 amide bonds. The fourth-order valence-corrected chi connectivity index (χ4v) is 1.56. The molecule has 0 aliphatic rings. The molecule has 1 aromatic rings. The highest BCUT2D eigenvalue weighted by atomic mass is 35.5. The van der Waals surface area contributed by atoms with Crippen LogP contribution in [0.2, 0.25) is 5.02 Å². The minimum atomic E-state index is -1.00. The Hall–Kier alpha value is -2.28. The van der Waals surface area contributed by atoms with Crippen LogP contribution in [-0.2, 0) is 9.59 Å². The summed E-state index contributed by atoms with van der Waals surface area (Å²) in [6.45, 7) is 1.73. The third-order valence-electron chi connectivity index (χ3n) is 2.44. The number of carbonyl (C=O) groups excluding carboxylic acids is 2. The van der Waals surface area contributed by atoms with Gasteiger partial charge in [0.15, 0.2) is 0 Å². The average molecular weight is 314 g/mol. The number of carbonyl (C=O) groups is 3. The Bertz CT molecular complexity index is 548. The fourth-order valence-electron chi connectivity index (χ4n) is 1.40. The number of amides is 3. The number of nitrogens with one attached hydrogen (secondary N) is 3. The summed E-state index contributed by atoms with van der Waals surface area (Å²) in [5, 5.41) is 16.3. The minimum Gasteiger partial charge on any atom is -0.481 e. The van der Waals surface area contributed by atoms with Crippen molar-refractivity contribution in [1.29, 1.82) is 0 Å². The van der Waals surface area contributed by atoms with E-state index in [2.05, 4.69) is 16.0 Å². The lowest BCUT2D eigenvalue weighted by molar-refractivity contribution is -0.136. The molecule has 0 aliphatic carbocycles. The zero-order valence-electron chi connectivity index (χ0n) is 11.4. The smallest absolute Gasteiger partial charge is 0.319 e. The normalized spacial score (nSPS) is 9.81. The van der Waals surface area contributed by atoms with Crippen molar-refractivity contribution < 1.29 is 19.5 Å². The van der Waals surface area contributed by atoms with Gasteiger partial charge in [0.2, 0.25) is 5.91 Å². The molecule has 0 saturated carbocycles. The van der Waals surface area contributed by atoms with Crippen molar-refractivity contribution in [2.45, 2.75) is 19.8 Å². The molecule has 114 valence electrons. The summed E-state index contributed by atoms with van der Waals surface area (Å²) in [5.41, 5.74) is 0.825. The molecule has 21 heavy (non-hydrogen) atoms. The third kappa shape index (κ3) is 6.13. The van der Waals surface area contributed by atoms with Gasteiger partial charge >= 0.3 is 12.0 Å². The number of hydrogen-bond donors (Lipinski definition) is 4. The lowest BCUT2D eigenvalue weighted by Crippen LogP contribution is -2.30. The Morgan fingerprint density at radius 3 is 2.57 bits per heavy atom. The van der Waals surface area contributed by atoms with Crippen LogP contribution >= 0.6 is 11.6 Å². The minimum absolute atomic E-state index is 0.00501. The van der Waals surface area contributed by atoms with E-state index in [1.54, 1.807) is 19.1 Å². The number of rotatable bonds is 6. The molecule has 0 atom stereocenters. The Morgan fingerprint density at radius 2 is 1.95 bits per heavy atom. The maximum absolute atomic E-state index is 11.6. The Morgan fingerprint density at radius 1 is 1.24 bits per heavy atom. The molecule has 1 aromatic carbocycles. The van der Waals surface area contributed by atoms with Gasteiger partial charge in [-0.1, -0.05) is 18.5 Å². The van der Waals surface area contributed by atoms with E-state index in [1.165, 1.54) is 6.07 Å². The van der Waals surface area contributed by atoms with Gasteiger partial charge in [0, 0.05) is 18.7 Å². The Balaban J connectivity index is 2.64. The molecule has 1 rings (SSSR count). The fraction of sp³-hybridized carbons (Fsp3) is 0.308. The van der Waals surface area contributed by atoms with Gasteiger partial charge in [-0.2, -0.15) is 0 Å². The summed E-state index contributed by atoms with van der Waals surface area (Å²) in [4.78, 5) is 33.2. The van der Waals surface area contributed by atoms with E-state index < -0.39 is 12.0 Å². The molecule has 0 bridgehead atoms. The second-order valence-electron chi connectivity index (χ2n) is 4.12.